The monoisotopic (exact) mass is 1340 g/mol. The van der Waals surface area contributed by atoms with E-state index >= 15 is 0 Å². The molecule has 0 heterocycles. The fourth-order valence-electron chi connectivity index (χ4n) is 9.16. The molecule has 83 heavy (non-hydrogen) atoms. The molecule has 0 aliphatic heterocycles. The van der Waals surface area contributed by atoms with Crippen molar-refractivity contribution >= 4 is 108 Å². The molecule has 0 saturated heterocycles. The molecule has 1 aliphatic rings. The Labute approximate surface area is 524 Å². The van der Waals surface area contributed by atoms with Crippen LogP contribution in [0.4, 0.5) is 0 Å². The second kappa shape index (κ2) is 42.8. The SMILES string of the molecule is C1CCCCC1.[Cl][Ge].c1cc[c]([Ge]([c]2ccccc2)[c]2ccccc2)cc1.c1cc[c]([Ge]([c]2ccccc2)[c]2ccccc2)cc1.c1cc[c]([Ge]([c]2ccccc2)[c]2ccccc2)cc1.c1ccccc1.c1ccccc1.c1ccccc1. The molecular formula is C78H75ClGe4. The van der Waals surface area contributed by atoms with E-state index in [1.54, 1.807) is 0 Å². The average molecular weight is 1340 g/mol. The van der Waals surface area contributed by atoms with Gasteiger partial charge in [-0.25, -0.2) is 0 Å². The van der Waals surface area contributed by atoms with E-state index in [-0.39, 0.29) is 0 Å². The molecule has 1 aliphatic carbocycles. The van der Waals surface area contributed by atoms with Crippen molar-refractivity contribution in [3.05, 3.63) is 382 Å². The van der Waals surface area contributed by atoms with Crippen LogP contribution in [0.25, 0.3) is 0 Å². The molecule has 0 bridgehead atoms. The summed E-state index contributed by atoms with van der Waals surface area (Å²) in [5, 5.41) is 0. The maximum absolute atomic E-state index is 4.64. The maximum Gasteiger partial charge on any atom is -0.0623 e. The van der Waals surface area contributed by atoms with E-state index < -0.39 is 43.0 Å². The number of hydrogen-bond donors (Lipinski definition) is 0. The van der Waals surface area contributed by atoms with Gasteiger partial charge in [-0.15, -0.1) is 0 Å². The van der Waals surface area contributed by atoms with Crippen LogP contribution in [0.15, 0.2) is 382 Å². The van der Waals surface area contributed by atoms with Gasteiger partial charge < -0.3 is 0 Å². The van der Waals surface area contributed by atoms with Crippen molar-refractivity contribution in [2.45, 2.75) is 38.5 Å². The van der Waals surface area contributed by atoms with Crippen molar-refractivity contribution < 1.29 is 0 Å². The Morgan fingerprint density at radius 2 is 0.217 bits per heavy atom. The van der Waals surface area contributed by atoms with E-state index in [1.807, 2.05) is 109 Å². The fraction of sp³-hybridized carbons (Fsp3) is 0.0769. The van der Waals surface area contributed by atoms with Crippen LogP contribution >= 0.6 is 10.0 Å². The molecule has 12 aromatic rings. The summed E-state index contributed by atoms with van der Waals surface area (Å²) in [5.74, 6) is 0. The Morgan fingerprint density at radius 3 is 0.301 bits per heavy atom. The van der Waals surface area contributed by atoms with Crippen LogP contribution in [0.5, 0.6) is 0 Å². The van der Waals surface area contributed by atoms with E-state index in [1.165, 1.54) is 93.7 Å². The van der Waals surface area contributed by atoms with Crippen molar-refractivity contribution in [1.82, 2.24) is 0 Å². The van der Waals surface area contributed by atoms with Crippen molar-refractivity contribution in [1.29, 1.82) is 0 Å². The molecule has 1 fully saturated rings. The van der Waals surface area contributed by atoms with E-state index in [0.717, 1.165) is 0 Å². The van der Waals surface area contributed by atoms with E-state index in [9.17, 15) is 0 Å². The van der Waals surface area contributed by atoms with Crippen LogP contribution in [-0.2, 0) is 0 Å². The van der Waals surface area contributed by atoms with Crippen LogP contribution < -0.4 is 39.6 Å². The molecule has 0 unspecified atom stereocenters. The standard InChI is InChI=1S/3C18H15Ge.C6H12.3C6H6.ClGe/c3*1-4-10-16(11-5-1)19(17-12-6-2-7-13-17)18-14-8-3-9-15-18;4*1-2-4-6-5-3-1;1-2/h3*1-15H;1-6H2;3*1-6H;. The normalized spacial score (nSPS) is 10.8. The van der Waals surface area contributed by atoms with Crippen LogP contribution in [-0.4, -0.2) is 58.6 Å². The van der Waals surface area contributed by atoms with Crippen LogP contribution in [0, 0.1) is 0 Å². The summed E-state index contributed by atoms with van der Waals surface area (Å²) in [7, 11) is 4.64. The second-order valence-electron chi connectivity index (χ2n) is 19.0. The van der Waals surface area contributed by atoms with Gasteiger partial charge in [0, 0.05) is 0 Å². The molecule has 410 valence electrons. The van der Waals surface area contributed by atoms with Gasteiger partial charge in [-0.3, -0.25) is 0 Å². The quantitative estimate of drug-likeness (QED) is 0.126. The minimum absolute atomic E-state index is 1.47. The van der Waals surface area contributed by atoms with E-state index in [4.69, 9.17) is 0 Å². The van der Waals surface area contributed by atoms with E-state index in [2.05, 4.69) is 283 Å². The molecule has 0 spiro atoms. The Kier molecular flexibility index (Phi) is 33.7. The van der Waals surface area contributed by atoms with Crippen LogP contribution in [0.3, 0.4) is 0 Å². The number of hydrogen-bond acceptors (Lipinski definition) is 0. The first-order valence-electron chi connectivity index (χ1n) is 28.6. The predicted octanol–water partition coefficient (Wildman–Crippen LogP) is 14.3. The van der Waals surface area contributed by atoms with Gasteiger partial charge in [-0.2, -0.15) is 0 Å². The van der Waals surface area contributed by atoms with Gasteiger partial charge in [0.2, 0.25) is 0 Å². The summed E-state index contributed by atoms with van der Waals surface area (Å²) in [6, 6.07) is 134. The topological polar surface area (TPSA) is 0 Å². The molecule has 13 rings (SSSR count). The Bertz CT molecular complexity index is 2590. The predicted molar refractivity (Wildman–Crippen MR) is 371 cm³/mol. The number of halogens is 1. The third kappa shape index (κ3) is 25.6. The molecule has 0 amide bonds. The van der Waals surface area contributed by atoms with Crippen molar-refractivity contribution in [2.75, 3.05) is 0 Å². The fourth-order valence-corrected chi connectivity index (χ4v) is 25.4. The number of benzene rings is 12. The zero-order chi connectivity index (χ0) is 57.7. The molecule has 5 heteroatoms. The van der Waals surface area contributed by atoms with Gasteiger partial charge in [0.05, 0.1) is 0 Å². The van der Waals surface area contributed by atoms with Crippen LogP contribution in [0.2, 0.25) is 0 Å². The van der Waals surface area contributed by atoms with Crippen molar-refractivity contribution in [2.24, 2.45) is 0 Å². The smallest absolute Gasteiger partial charge is 0.0623 e. The largest absolute Gasteiger partial charge is 0.0623 e. The molecular weight excluding hydrogens is 1260 g/mol. The average Bonchev–Trinajstić information content (AvgIpc) is 3.78. The minimum atomic E-state index is -1.63. The molecule has 1 saturated carbocycles. The number of rotatable bonds is 9. The van der Waals surface area contributed by atoms with Gasteiger partial charge in [-0.05, 0) is 0 Å². The Morgan fingerprint density at radius 1 is 0.145 bits per heavy atom. The first-order chi connectivity index (χ1) is 41.3. The zero-order valence-corrected chi connectivity index (χ0v) is 56.6. The Balaban J connectivity index is 0.000000164. The molecule has 6 radical (unpaired) electrons. The van der Waals surface area contributed by atoms with Gasteiger partial charge >= 0.3 is 381 Å². The van der Waals surface area contributed by atoms with Gasteiger partial charge in [0.15, 0.2) is 0 Å². The molecule has 12 aromatic carbocycles. The third-order valence-corrected chi connectivity index (χ3v) is 30.3. The van der Waals surface area contributed by atoms with Gasteiger partial charge in [-0.1, -0.05) is 148 Å². The summed E-state index contributed by atoms with van der Waals surface area (Å²) in [5.41, 5.74) is 0. The molecule has 0 nitrogen and oxygen atoms in total. The zero-order valence-electron chi connectivity index (χ0n) is 47.5. The summed E-state index contributed by atoms with van der Waals surface area (Å²) in [4.78, 5) is 0. The molecule has 0 aromatic heterocycles. The molecule has 0 N–H and O–H groups in total. The van der Waals surface area contributed by atoms with Crippen molar-refractivity contribution in [3.8, 4) is 0 Å². The second-order valence-corrected chi connectivity index (χ2v) is 34.6. The van der Waals surface area contributed by atoms with Crippen molar-refractivity contribution in [3.63, 3.8) is 0 Å². The summed E-state index contributed by atoms with van der Waals surface area (Å²) >= 11 is -3.42. The van der Waals surface area contributed by atoms with Gasteiger partial charge in [0.25, 0.3) is 0 Å². The first-order valence-corrected chi connectivity index (χ1v) is 40.8. The van der Waals surface area contributed by atoms with E-state index in [0.29, 0.717) is 0 Å². The first kappa shape index (κ1) is 65.3. The minimum Gasteiger partial charge on any atom is -0.0623 e. The summed E-state index contributed by atoms with van der Waals surface area (Å²) < 4.78 is 13.5. The summed E-state index contributed by atoms with van der Waals surface area (Å²) in [6.07, 6.45) is 9.00. The third-order valence-electron chi connectivity index (χ3n) is 13.1. The summed E-state index contributed by atoms with van der Waals surface area (Å²) in [6.45, 7) is 0. The maximum atomic E-state index is 4.64. The Hall–Kier alpha value is -6.90. The van der Waals surface area contributed by atoms with Gasteiger partial charge in [0.1, 0.15) is 0 Å². The molecule has 0 atom stereocenters. The van der Waals surface area contributed by atoms with Crippen LogP contribution in [0.1, 0.15) is 38.5 Å².